The number of nitrogens with zero attached hydrogens (tertiary/aromatic N) is 3. The number of nitrogens with one attached hydrogen (secondary N) is 1. The fourth-order valence-corrected chi connectivity index (χ4v) is 3.98. The van der Waals surface area contributed by atoms with E-state index in [-0.39, 0.29) is 11.9 Å². The van der Waals surface area contributed by atoms with Crippen LogP contribution >= 0.6 is 0 Å². The molecule has 1 N–H and O–H groups in total. The molecule has 1 fully saturated rings. The highest BCUT2D eigenvalue weighted by Gasteiger charge is 2.30. The molecule has 0 radical (unpaired) electrons. The quantitative estimate of drug-likeness (QED) is 0.685. The molecule has 1 aromatic carbocycles. The van der Waals surface area contributed by atoms with Gasteiger partial charge in [-0.05, 0) is 41.7 Å². The molecule has 0 bridgehead atoms. The van der Waals surface area contributed by atoms with Gasteiger partial charge in [-0.1, -0.05) is 39.8 Å². The number of aromatic nitrogens is 1. The van der Waals surface area contributed by atoms with Crippen molar-refractivity contribution in [2.75, 3.05) is 26.2 Å². The number of hydrogen-bond acceptors (Lipinski definition) is 5. The third kappa shape index (κ3) is 5.58. The summed E-state index contributed by atoms with van der Waals surface area (Å²) in [5.74, 6) is 1.10. The van der Waals surface area contributed by atoms with E-state index in [1.54, 1.807) is 12.4 Å². The average Bonchev–Trinajstić information content (AvgIpc) is 3.14. The summed E-state index contributed by atoms with van der Waals surface area (Å²) in [4.78, 5) is 17.3. The van der Waals surface area contributed by atoms with Crippen LogP contribution in [0.25, 0.3) is 0 Å². The van der Waals surface area contributed by atoms with E-state index in [1.165, 1.54) is 0 Å². The van der Waals surface area contributed by atoms with Crippen LogP contribution in [0.2, 0.25) is 0 Å². The second-order valence-electron chi connectivity index (χ2n) is 8.22. The molecule has 0 atom stereocenters. The molecule has 162 valence electrons. The van der Waals surface area contributed by atoms with Crippen molar-refractivity contribution in [3.8, 4) is 5.75 Å². The number of benzene rings is 1. The molecule has 1 aromatic heterocycles. The van der Waals surface area contributed by atoms with E-state index < -0.39 is 0 Å². The number of para-hydroxylation sites is 1. The lowest BCUT2D eigenvalue weighted by molar-refractivity contribution is 0.0388. The van der Waals surface area contributed by atoms with Crippen molar-refractivity contribution in [2.45, 2.75) is 46.8 Å². The lowest BCUT2D eigenvalue weighted by Crippen LogP contribution is -2.38. The molecule has 1 aliphatic heterocycles. The van der Waals surface area contributed by atoms with Crippen molar-refractivity contribution in [3.05, 3.63) is 59.4 Å². The summed E-state index contributed by atoms with van der Waals surface area (Å²) < 4.78 is 6.22. The Hall–Kier alpha value is -2.44. The molecule has 1 saturated heterocycles. The first-order chi connectivity index (χ1) is 14.5. The maximum atomic E-state index is 13.2. The van der Waals surface area contributed by atoms with Gasteiger partial charge >= 0.3 is 0 Å². The van der Waals surface area contributed by atoms with E-state index in [4.69, 9.17) is 4.74 Å². The van der Waals surface area contributed by atoms with Gasteiger partial charge in [0.25, 0.3) is 5.91 Å². The lowest BCUT2D eigenvalue weighted by Gasteiger charge is -2.24. The number of pyridine rings is 1. The van der Waals surface area contributed by atoms with Crippen LogP contribution in [-0.4, -0.2) is 53.1 Å². The van der Waals surface area contributed by atoms with Gasteiger partial charge in [0.15, 0.2) is 0 Å². The first kappa shape index (κ1) is 22.2. The molecule has 0 saturated carbocycles. The van der Waals surface area contributed by atoms with Gasteiger partial charge in [0.2, 0.25) is 0 Å². The van der Waals surface area contributed by atoms with Gasteiger partial charge in [-0.3, -0.25) is 9.78 Å². The number of rotatable bonds is 9. The number of carbonyl (C=O) groups is 1. The van der Waals surface area contributed by atoms with E-state index in [1.807, 2.05) is 24.3 Å². The number of carbonyl (C=O) groups excluding carboxylic acids is 1. The predicted octanol–water partition coefficient (Wildman–Crippen LogP) is 3.53. The minimum Gasteiger partial charge on any atom is -0.488 e. The van der Waals surface area contributed by atoms with Gasteiger partial charge in [-0.25, -0.2) is 10.0 Å². The van der Waals surface area contributed by atoms with Crippen molar-refractivity contribution in [1.82, 2.24) is 20.3 Å². The van der Waals surface area contributed by atoms with Crippen LogP contribution in [0.4, 0.5) is 0 Å². The Bertz CT molecular complexity index is 813. The molecule has 6 nitrogen and oxygen atoms in total. The minimum absolute atomic E-state index is 0.0654. The molecule has 0 unspecified atom stereocenters. The average molecular weight is 411 g/mol. The molecule has 0 aliphatic carbocycles. The van der Waals surface area contributed by atoms with E-state index in [0.29, 0.717) is 23.8 Å². The fraction of sp³-hybridized carbons (Fsp3) is 0.500. The highest BCUT2D eigenvalue weighted by atomic mass is 16.5. The van der Waals surface area contributed by atoms with Crippen LogP contribution in [0.15, 0.2) is 42.7 Å². The summed E-state index contributed by atoms with van der Waals surface area (Å²) in [6, 6.07) is 9.86. The van der Waals surface area contributed by atoms with Gasteiger partial charge in [0, 0.05) is 38.6 Å². The monoisotopic (exact) mass is 410 g/mol. The Morgan fingerprint density at radius 3 is 2.40 bits per heavy atom. The highest BCUT2D eigenvalue weighted by molar-refractivity contribution is 5.97. The summed E-state index contributed by atoms with van der Waals surface area (Å²) in [5.41, 5.74) is 2.72. The zero-order chi connectivity index (χ0) is 21.5. The second-order valence-corrected chi connectivity index (χ2v) is 8.22. The molecule has 1 aliphatic rings. The zero-order valence-corrected chi connectivity index (χ0v) is 18.6. The van der Waals surface area contributed by atoms with E-state index in [0.717, 1.165) is 43.7 Å². The first-order valence-electron chi connectivity index (χ1n) is 11.0. The van der Waals surface area contributed by atoms with Gasteiger partial charge in [0.1, 0.15) is 12.4 Å². The van der Waals surface area contributed by atoms with E-state index in [9.17, 15) is 4.79 Å². The number of likely N-dealkylation sites (N-methyl/N-ethyl adjacent to an activating group) is 2. The Morgan fingerprint density at radius 2 is 1.80 bits per heavy atom. The van der Waals surface area contributed by atoms with Crippen LogP contribution in [0.3, 0.4) is 0 Å². The van der Waals surface area contributed by atoms with Crippen molar-refractivity contribution >= 4 is 5.91 Å². The minimum atomic E-state index is -0.0654. The molecule has 0 spiro atoms. The molecule has 30 heavy (non-hydrogen) atoms. The summed E-state index contributed by atoms with van der Waals surface area (Å²) in [5, 5.41) is 7.82. The van der Waals surface area contributed by atoms with Gasteiger partial charge in [0.05, 0.1) is 11.6 Å². The summed E-state index contributed by atoms with van der Waals surface area (Å²) in [7, 11) is 0. The summed E-state index contributed by atoms with van der Waals surface area (Å²) in [6.45, 7) is 12.6. The van der Waals surface area contributed by atoms with Crippen LogP contribution in [0, 0.1) is 5.92 Å². The first-order valence-corrected chi connectivity index (χ1v) is 11.0. The standard InChI is InChI=1S/C24H34N4O2/c1-5-27-15-21(16-28(27)6-2)26-24(29)22-9-7-8-20(14-18(3)4)23(22)30-17-19-10-12-25-13-11-19/h7-13,18,21H,5-6,14-17H2,1-4H3,(H,26,29). The number of amides is 1. The number of hydrazine groups is 1. The molecular weight excluding hydrogens is 376 g/mol. The summed E-state index contributed by atoms with van der Waals surface area (Å²) >= 11 is 0. The highest BCUT2D eigenvalue weighted by Crippen LogP contribution is 2.28. The van der Waals surface area contributed by atoms with Crippen LogP contribution in [0.1, 0.15) is 49.2 Å². The van der Waals surface area contributed by atoms with Gasteiger partial charge < -0.3 is 10.1 Å². The zero-order valence-electron chi connectivity index (χ0n) is 18.6. The molecule has 6 heteroatoms. The normalized spacial score (nSPS) is 15.6. The maximum absolute atomic E-state index is 13.2. The molecule has 2 aromatic rings. The van der Waals surface area contributed by atoms with Gasteiger partial charge in [-0.2, -0.15) is 0 Å². The van der Waals surface area contributed by atoms with Crippen molar-refractivity contribution in [3.63, 3.8) is 0 Å². The topological polar surface area (TPSA) is 57.7 Å². The largest absolute Gasteiger partial charge is 0.488 e. The third-order valence-corrected chi connectivity index (χ3v) is 5.43. The fourth-order valence-electron chi connectivity index (χ4n) is 3.98. The smallest absolute Gasteiger partial charge is 0.255 e. The van der Waals surface area contributed by atoms with Crippen molar-refractivity contribution < 1.29 is 9.53 Å². The predicted molar refractivity (Wildman–Crippen MR) is 119 cm³/mol. The third-order valence-electron chi connectivity index (χ3n) is 5.43. The molecular formula is C24H34N4O2. The van der Waals surface area contributed by atoms with E-state index >= 15 is 0 Å². The van der Waals surface area contributed by atoms with Crippen molar-refractivity contribution in [1.29, 1.82) is 0 Å². The number of hydrogen-bond donors (Lipinski definition) is 1. The number of ether oxygens (including phenoxy) is 1. The van der Waals surface area contributed by atoms with Crippen LogP contribution < -0.4 is 10.1 Å². The molecule has 1 amide bonds. The lowest BCUT2D eigenvalue weighted by atomic mass is 9.99. The van der Waals surface area contributed by atoms with Crippen LogP contribution in [-0.2, 0) is 13.0 Å². The molecule has 2 heterocycles. The van der Waals surface area contributed by atoms with Crippen molar-refractivity contribution in [2.24, 2.45) is 5.92 Å². The second kappa shape index (κ2) is 10.5. The van der Waals surface area contributed by atoms with Gasteiger partial charge in [-0.15, -0.1) is 0 Å². The Kier molecular flexibility index (Phi) is 7.82. The maximum Gasteiger partial charge on any atom is 0.255 e. The van der Waals surface area contributed by atoms with Crippen LogP contribution in [0.5, 0.6) is 5.75 Å². The Labute approximate surface area is 180 Å². The Morgan fingerprint density at radius 1 is 1.13 bits per heavy atom. The summed E-state index contributed by atoms with van der Waals surface area (Å²) in [6.07, 6.45) is 4.38. The van der Waals surface area contributed by atoms with E-state index in [2.05, 4.69) is 54.1 Å². The SMILES string of the molecule is CCN1CC(NC(=O)c2cccc(CC(C)C)c2OCc2ccncc2)CN1CC. The molecule has 3 rings (SSSR count). The Balaban J connectivity index is 1.79.